The Bertz CT molecular complexity index is 488. The number of benzene rings is 1. The molecule has 1 aromatic rings. The number of nitrogens with zero attached hydrogens (tertiary/aromatic N) is 1. The lowest BCUT2D eigenvalue weighted by Gasteiger charge is -2.17. The van der Waals surface area contributed by atoms with Gasteiger partial charge in [0.05, 0.1) is 4.92 Å². The van der Waals surface area contributed by atoms with Crippen molar-refractivity contribution >= 4 is 17.3 Å². The summed E-state index contributed by atoms with van der Waals surface area (Å²) in [5.74, 6) is 4.97. The minimum Gasteiger partial charge on any atom is -0.349 e. The van der Waals surface area contributed by atoms with Crippen LogP contribution in [0.4, 0.5) is 11.4 Å². The van der Waals surface area contributed by atoms with E-state index < -0.39 is 10.8 Å². The SMILES string of the molecule is CC(C)C(C)NC(=O)c1cccc(NN)c1[N+](=O)[O-]. The average molecular weight is 266 g/mol. The summed E-state index contributed by atoms with van der Waals surface area (Å²) in [6, 6.07) is 4.31. The molecular weight excluding hydrogens is 248 g/mol. The Hall–Kier alpha value is -2.15. The third-order valence-corrected chi connectivity index (χ3v) is 2.98. The van der Waals surface area contributed by atoms with Crippen LogP contribution in [-0.4, -0.2) is 16.9 Å². The zero-order valence-corrected chi connectivity index (χ0v) is 11.1. The Kier molecular flexibility index (Phi) is 4.82. The van der Waals surface area contributed by atoms with Gasteiger partial charge in [0.25, 0.3) is 5.91 Å². The Morgan fingerprint density at radius 2 is 2.00 bits per heavy atom. The summed E-state index contributed by atoms with van der Waals surface area (Å²) in [6.45, 7) is 5.76. The number of hydrogen-bond acceptors (Lipinski definition) is 5. The van der Waals surface area contributed by atoms with Crippen LogP contribution in [0.15, 0.2) is 18.2 Å². The van der Waals surface area contributed by atoms with Gasteiger partial charge < -0.3 is 10.7 Å². The molecule has 104 valence electrons. The summed E-state index contributed by atoms with van der Waals surface area (Å²) < 4.78 is 0. The molecule has 0 heterocycles. The van der Waals surface area contributed by atoms with E-state index in [9.17, 15) is 14.9 Å². The highest BCUT2D eigenvalue weighted by molar-refractivity contribution is 6.00. The van der Waals surface area contributed by atoms with Crippen molar-refractivity contribution in [3.05, 3.63) is 33.9 Å². The topological polar surface area (TPSA) is 110 Å². The fourth-order valence-electron chi connectivity index (χ4n) is 1.49. The van der Waals surface area contributed by atoms with Crippen LogP contribution in [0.5, 0.6) is 0 Å². The molecule has 1 atom stereocenters. The summed E-state index contributed by atoms with van der Waals surface area (Å²) in [7, 11) is 0. The van der Waals surface area contributed by atoms with Crippen LogP contribution in [0.25, 0.3) is 0 Å². The number of nitrogens with one attached hydrogen (secondary N) is 2. The number of hydrogen-bond donors (Lipinski definition) is 3. The second-order valence-corrected chi connectivity index (χ2v) is 4.61. The number of para-hydroxylation sites is 1. The number of nitro groups is 1. The van der Waals surface area contributed by atoms with Crippen LogP contribution in [0.2, 0.25) is 0 Å². The fraction of sp³-hybridized carbons (Fsp3) is 0.417. The molecule has 0 saturated heterocycles. The minimum atomic E-state index is -0.621. The van der Waals surface area contributed by atoms with Gasteiger partial charge >= 0.3 is 5.69 Å². The molecule has 0 aliphatic heterocycles. The van der Waals surface area contributed by atoms with E-state index in [2.05, 4.69) is 10.7 Å². The van der Waals surface area contributed by atoms with Crippen LogP contribution in [-0.2, 0) is 0 Å². The molecule has 7 heteroatoms. The first kappa shape index (κ1) is 14.9. The maximum Gasteiger partial charge on any atom is 0.306 e. The van der Waals surface area contributed by atoms with E-state index >= 15 is 0 Å². The van der Waals surface area contributed by atoms with E-state index in [1.165, 1.54) is 18.2 Å². The van der Waals surface area contributed by atoms with Gasteiger partial charge in [-0.25, -0.2) is 0 Å². The first-order valence-electron chi connectivity index (χ1n) is 5.93. The number of carbonyl (C=O) groups excluding carboxylic acids is 1. The lowest BCUT2D eigenvalue weighted by Crippen LogP contribution is -2.36. The molecule has 1 unspecified atom stereocenters. The molecule has 0 spiro atoms. The highest BCUT2D eigenvalue weighted by atomic mass is 16.6. The third kappa shape index (κ3) is 3.41. The fourth-order valence-corrected chi connectivity index (χ4v) is 1.49. The zero-order valence-electron chi connectivity index (χ0n) is 11.1. The molecule has 1 aromatic carbocycles. The van der Waals surface area contributed by atoms with Crippen LogP contribution >= 0.6 is 0 Å². The minimum absolute atomic E-state index is 0.00653. The van der Waals surface area contributed by atoms with Gasteiger partial charge in [0.1, 0.15) is 11.3 Å². The van der Waals surface area contributed by atoms with Gasteiger partial charge in [-0.05, 0) is 25.0 Å². The number of carbonyl (C=O) groups is 1. The number of nitrogen functional groups attached to an aromatic ring is 1. The van der Waals surface area contributed by atoms with Crippen LogP contribution in [0.1, 0.15) is 31.1 Å². The number of anilines is 1. The molecule has 4 N–H and O–H groups in total. The van der Waals surface area contributed by atoms with Gasteiger partial charge in [0.2, 0.25) is 0 Å². The number of hydrazine groups is 1. The van der Waals surface area contributed by atoms with E-state index in [0.29, 0.717) is 0 Å². The van der Waals surface area contributed by atoms with Crippen molar-refractivity contribution in [1.82, 2.24) is 5.32 Å². The normalized spacial score (nSPS) is 12.1. The second kappa shape index (κ2) is 6.14. The van der Waals surface area contributed by atoms with Crippen molar-refractivity contribution in [3.63, 3.8) is 0 Å². The molecular formula is C12H18N4O3. The summed E-state index contributed by atoms with van der Waals surface area (Å²) in [6.07, 6.45) is 0. The zero-order chi connectivity index (χ0) is 14.6. The molecule has 0 aliphatic carbocycles. The first-order chi connectivity index (χ1) is 8.88. The Morgan fingerprint density at radius 3 is 2.47 bits per heavy atom. The van der Waals surface area contributed by atoms with Crippen molar-refractivity contribution < 1.29 is 9.72 Å². The molecule has 0 bridgehead atoms. The molecule has 7 nitrogen and oxygen atoms in total. The standard InChI is InChI=1S/C12H18N4O3/c1-7(2)8(3)14-12(17)9-5-4-6-10(15-13)11(9)16(18)19/h4-8,15H,13H2,1-3H3,(H,14,17). The number of nitrogens with two attached hydrogens (primary N) is 1. The average Bonchev–Trinajstić information content (AvgIpc) is 2.37. The Labute approximate surface area is 111 Å². The van der Waals surface area contributed by atoms with Gasteiger partial charge in [-0.3, -0.25) is 20.8 Å². The summed E-state index contributed by atoms with van der Waals surface area (Å²) >= 11 is 0. The van der Waals surface area contributed by atoms with E-state index in [0.717, 1.165) is 0 Å². The number of nitro benzene ring substituents is 1. The Balaban J connectivity index is 3.13. The second-order valence-electron chi connectivity index (χ2n) is 4.61. The molecule has 0 saturated carbocycles. The lowest BCUT2D eigenvalue weighted by atomic mass is 10.1. The number of amides is 1. The van der Waals surface area contributed by atoms with Crippen LogP contribution in [0.3, 0.4) is 0 Å². The maximum absolute atomic E-state index is 12.1. The monoisotopic (exact) mass is 266 g/mol. The molecule has 1 rings (SSSR count). The van der Waals surface area contributed by atoms with Gasteiger partial charge in [-0.15, -0.1) is 0 Å². The maximum atomic E-state index is 12.1. The quantitative estimate of drug-likeness (QED) is 0.426. The summed E-state index contributed by atoms with van der Waals surface area (Å²) in [4.78, 5) is 22.5. The highest BCUT2D eigenvalue weighted by Gasteiger charge is 2.25. The largest absolute Gasteiger partial charge is 0.349 e. The van der Waals surface area contributed by atoms with E-state index in [1.807, 2.05) is 20.8 Å². The Morgan fingerprint density at radius 1 is 1.37 bits per heavy atom. The predicted octanol–water partition coefficient (Wildman–Crippen LogP) is 1.65. The molecule has 0 fully saturated rings. The highest BCUT2D eigenvalue weighted by Crippen LogP contribution is 2.27. The lowest BCUT2D eigenvalue weighted by molar-refractivity contribution is -0.384. The third-order valence-electron chi connectivity index (χ3n) is 2.98. The molecule has 0 aromatic heterocycles. The smallest absolute Gasteiger partial charge is 0.306 e. The molecule has 0 radical (unpaired) electrons. The van der Waals surface area contributed by atoms with Gasteiger partial charge in [-0.2, -0.15) is 0 Å². The van der Waals surface area contributed by atoms with E-state index in [4.69, 9.17) is 5.84 Å². The summed E-state index contributed by atoms with van der Waals surface area (Å²) in [5.41, 5.74) is 2.01. The number of rotatable bonds is 5. The van der Waals surface area contributed by atoms with Gasteiger partial charge in [0.15, 0.2) is 0 Å². The molecule has 0 aliphatic rings. The molecule has 19 heavy (non-hydrogen) atoms. The predicted molar refractivity (Wildman–Crippen MR) is 72.7 cm³/mol. The molecule has 1 amide bonds. The van der Waals surface area contributed by atoms with Crippen molar-refractivity contribution in [1.29, 1.82) is 0 Å². The van der Waals surface area contributed by atoms with Crippen molar-refractivity contribution in [2.75, 3.05) is 5.43 Å². The van der Waals surface area contributed by atoms with Gasteiger partial charge in [0, 0.05) is 6.04 Å². The van der Waals surface area contributed by atoms with Crippen LogP contribution in [0, 0.1) is 16.0 Å². The van der Waals surface area contributed by atoms with Crippen molar-refractivity contribution in [2.45, 2.75) is 26.8 Å². The van der Waals surface area contributed by atoms with E-state index in [1.54, 1.807) is 0 Å². The summed E-state index contributed by atoms with van der Waals surface area (Å²) in [5, 5.41) is 13.8. The van der Waals surface area contributed by atoms with Crippen molar-refractivity contribution in [3.8, 4) is 0 Å². The van der Waals surface area contributed by atoms with Gasteiger partial charge in [-0.1, -0.05) is 19.9 Å². The first-order valence-corrected chi connectivity index (χ1v) is 5.93. The van der Waals surface area contributed by atoms with Crippen LogP contribution < -0.4 is 16.6 Å². The van der Waals surface area contributed by atoms with E-state index in [-0.39, 0.29) is 28.9 Å². The van der Waals surface area contributed by atoms with Crippen molar-refractivity contribution in [2.24, 2.45) is 11.8 Å².